The number of aliphatic carboxylic acids is 1. The minimum atomic E-state index is -4.94. The summed E-state index contributed by atoms with van der Waals surface area (Å²) in [4.78, 5) is 13.0. The van der Waals surface area contributed by atoms with E-state index in [9.17, 15) is 36.2 Å². The first-order chi connectivity index (χ1) is 14.9. The average molecular weight is 461 g/mol. The summed E-state index contributed by atoms with van der Waals surface area (Å²) >= 11 is 0. The number of piperidine rings is 1. The largest absolute Gasteiger partial charge is 0.480 e. The Hall–Kier alpha value is -2.59. The molecule has 0 aromatic heterocycles. The lowest BCUT2D eigenvalue weighted by Crippen LogP contribution is -2.45. The van der Waals surface area contributed by atoms with Crippen molar-refractivity contribution in [3.8, 4) is 0 Å². The Morgan fingerprint density at radius 3 is 2.12 bits per heavy atom. The van der Waals surface area contributed by atoms with Gasteiger partial charge in [-0.15, -0.1) is 0 Å². The molecule has 3 rings (SSSR count). The number of nitrogens with zero attached hydrogens (tertiary/aromatic N) is 1. The van der Waals surface area contributed by atoms with Crippen molar-refractivity contribution >= 4 is 5.97 Å². The van der Waals surface area contributed by atoms with Crippen molar-refractivity contribution in [3.63, 3.8) is 0 Å². The molecule has 0 aliphatic carbocycles. The number of ether oxygens (including phenoxy) is 1. The number of carbonyl (C=O) groups is 1. The Kier molecular flexibility index (Phi) is 7.14. The second kappa shape index (κ2) is 9.50. The summed E-state index contributed by atoms with van der Waals surface area (Å²) in [5.41, 5.74) is -2.30. The van der Waals surface area contributed by atoms with Gasteiger partial charge in [0.05, 0.1) is 36.4 Å². The van der Waals surface area contributed by atoms with E-state index in [2.05, 4.69) is 0 Å². The van der Waals surface area contributed by atoms with Crippen molar-refractivity contribution in [2.24, 2.45) is 0 Å². The van der Waals surface area contributed by atoms with Crippen LogP contribution in [0.15, 0.2) is 48.5 Å². The highest BCUT2D eigenvalue weighted by Crippen LogP contribution is 2.38. The lowest BCUT2D eigenvalue weighted by atomic mass is 9.92. The number of hydrogen-bond acceptors (Lipinski definition) is 3. The van der Waals surface area contributed by atoms with Gasteiger partial charge in [-0.2, -0.15) is 26.3 Å². The Bertz CT molecular complexity index is 897. The first kappa shape index (κ1) is 24.1. The molecule has 1 heterocycles. The standard InChI is InChI=1S/C22H21F6NO3/c23-21(24,25)16-9-14(10-17(11-16)22(26,27)28)13-32-18-7-4-8-29(12-19(30)31)20(18)15-5-2-1-3-6-15/h1-3,5-6,9-11,18,20H,4,7-8,12-13H2,(H,30,31)/t18-,20-/m1/s1. The van der Waals surface area contributed by atoms with Crippen LogP contribution in [0.1, 0.15) is 41.1 Å². The Morgan fingerprint density at radius 1 is 1.00 bits per heavy atom. The van der Waals surface area contributed by atoms with Crippen LogP contribution >= 0.6 is 0 Å². The molecule has 4 nitrogen and oxygen atoms in total. The fourth-order valence-corrected chi connectivity index (χ4v) is 3.93. The molecule has 0 saturated carbocycles. The van der Waals surface area contributed by atoms with E-state index in [-0.39, 0.29) is 18.2 Å². The van der Waals surface area contributed by atoms with Gasteiger partial charge in [0.15, 0.2) is 0 Å². The third-order valence-electron chi connectivity index (χ3n) is 5.27. The molecule has 32 heavy (non-hydrogen) atoms. The summed E-state index contributed by atoms with van der Waals surface area (Å²) in [5.74, 6) is -1.04. The van der Waals surface area contributed by atoms with Crippen LogP contribution in [0.5, 0.6) is 0 Å². The maximum absolute atomic E-state index is 13.1. The number of benzene rings is 2. The zero-order valence-electron chi connectivity index (χ0n) is 16.8. The number of rotatable bonds is 6. The van der Waals surface area contributed by atoms with E-state index < -0.39 is 48.2 Å². The molecular formula is C22H21F6NO3. The highest BCUT2D eigenvalue weighted by Gasteiger charge is 2.38. The molecule has 0 amide bonds. The maximum atomic E-state index is 13.1. The van der Waals surface area contributed by atoms with Crippen LogP contribution in [0.4, 0.5) is 26.3 Å². The van der Waals surface area contributed by atoms with Gasteiger partial charge in [0.1, 0.15) is 0 Å². The van der Waals surface area contributed by atoms with Crippen molar-refractivity contribution in [1.82, 2.24) is 4.90 Å². The number of hydrogen-bond donors (Lipinski definition) is 1. The topological polar surface area (TPSA) is 49.8 Å². The summed E-state index contributed by atoms with van der Waals surface area (Å²) in [6, 6.07) is 9.76. The van der Waals surface area contributed by atoms with E-state index in [0.29, 0.717) is 31.5 Å². The molecule has 1 fully saturated rings. The molecule has 2 aromatic rings. The third-order valence-corrected chi connectivity index (χ3v) is 5.27. The minimum Gasteiger partial charge on any atom is -0.480 e. The molecule has 1 aliphatic heterocycles. The van der Waals surface area contributed by atoms with Crippen LogP contribution in [0, 0.1) is 0 Å². The van der Waals surface area contributed by atoms with Gasteiger partial charge in [0, 0.05) is 0 Å². The SMILES string of the molecule is O=C(O)CN1CCC[C@@H](OCc2cc(C(F)(F)F)cc(C(F)(F)F)c2)[C@H]1c1ccccc1. The summed E-state index contributed by atoms with van der Waals surface area (Å²) in [6.07, 6.45) is -9.41. The predicted molar refractivity (Wildman–Crippen MR) is 103 cm³/mol. The predicted octanol–water partition coefficient (Wildman–Crippen LogP) is 5.53. The van der Waals surface area contributed by atoms with Crippen molar-refractivity contribution in [3.05, 3.63) is 70.8 Å². The fourth-order valence-electron chi connectivity index (χ4n) is 3.93. The fraction of sp³-hybridized carbons (Fsp3) is 0.409. The molecule has 1 N–H and O–H groups in total. The van der Waals surface area contributed by atoms with E-state index in [1.807, 2.05) is 0 Å². The van der Waals surface area contributed by atoms with Crippen LogP contribution < -0.4 is 0 Å². The molecule has 2 aromatic carbocycles. The van der Waals surface area contributed by atoms with Gasteiger partial charge in [-0.3, -0.25) is 9.69 Å². The number of halogens is 6. The third kappa shape index (κ3) is 6.01. The zero-order chi connectivity index (χ0) is 23.5. The van der Waals surface area contributed by atoms with Crippen molar-refractivity contribution < 1.29 is 41.0 Å². The molecule has 0 bridgehead atoms. The normalized spacial score (nSPS) is 20.3. The smallest absolute Gasteiger partial charge is 0.416 e. The average Bonchev–Trinajstić information content (AvgIpc) is 2.71. The van der Waals surface area contributed by atoms with Gasteiger partial charge < -0.3 is 9.84 Å². The van der Waals surface area contributed by atoms with Crippen LogP contribution in [0.25, 0.3) is 0 Å². The molecule has 0 spiro atoms. The van der Waals surface area contributed by atoms with Crippen molar-refractivity contribution in [2.45, 2.75) is 43.9 Å². The number of carboxylic acids is 1. The van der Waals surface area contributed by atoms with Crippen molar-refractivity contribution in [2.75, 3.05) is 13.1 Å². The van der Waals surface area contributed by atoms with E-state index in [0.717, 1.165) is 5.56 Å². The summed E-state index contributed by atoms with van der Waals surface area (Å²) in [6.45, 7) is -0.253. The highest BCUT2D eigenvalue weighted by molar-refractivity contribution is 5.69. The molecule has 2 atom stereocenters. The van der Waals surface area contributed by atoms with Gasteiger partial charge in [-0.1, -0.05) is 30.3 Å². The van der Waals surface area contributed by atoms with Gasteiger partial charge in [-0.25, -0.2) is 0 Å². The Balaban J connectivity index is 1.87. The summed E-state index contributed by atoms with van der Waals surface area (Å²) in [7, 11) is 0. The molecule has 174 valence electrons. The van der Waals surface area contributed by atoms with Crippen LogP contribution in [-0.2, 0) is 28.5 Å². The van der Waals surface area contributed by atoms with Crippen LogP contribution in [0.3, 0.4) is 0 Å². The Morgan fingerprint density at radius 2 is 1.59 bits per heavy atom. The second-order valence-electron chi connectivity index (χ2n) is 7.63. The lowest BCUT2D eigenvalue weighted by molar-refractivity contribution is -0.143. The lowest BCUT2D eigenvalue weighted by Gasteiger charge is -2.40. The highest BCUT2D eigenvalue weighted by atomic mass is 19.4. The van der Waals surface area contributed by atoms with Gasteiger partial charge in [0.2, 0.25) is 0 Å². The van der Waals surface area contributed by atoms with Crippen LogP contribution in [-0.4, -0.2) is 35.2 Å². The monoisotopic (exact) mass is 461 g/mol. The summed E-state index contributed by atoms with van der Waals surface area (Å²) in [5, 5.41) is 9.24. The summed E-state index contributed by atoms with van der Waals surface area (Å²) < 4.78 is 84.5. The minimum absolute atomic E-state index is 0.0749. The first-order valence-corrected chi connectivity index (χ1v) is 9.86. The molecule has 1 aliphatic rings. The van der Waals surface area contributed by atoms with Gasteiger partial charge >= 0.3 is 18.3 Å². The zero-order valence-corrected chi connectivity index (χ0v) is 16.8. The number of likely N-dealkylation sites (tertiary alicyclic amines) is 1. The van der Waals surface area contributed by atoms with Crippen LogP contribution in [0.2, 0.25) is 0 Å². The van der Waals surface area contributed by atoms with Gasteiger partial charge in [-0.05, 0) is 48.7 Å². The van der Waals surface area contributed by atoms with E-state index in [4.69, 9.17) is 4.74 Å². The van der Waals surface area contributed by atoms with E-state index >= 15 is 0 Å². The number of alkyl halides is 6. The molecule has 0 radical (unpaired) electrons. The van der Waals surface area contributed by atoms with E-state index in [1.165, 1.54) is 0 Å². The molecule has 10 heteroatoms. The molecule has 1 saturated heterocycles. The number of carboxylic acid groups (broad SMARTS) is 1. The van der Waals surface area contributed by atoms with Crippen molar-refractivity contribution in [1.29, 1.82) is 0 Å². The molecule has 0 unspecified atom stereocenters. The van der Waals surface area contributed by atoms with E-state index in [1.54, 1.807) is 35.2 Å². The molecular weight excluding hydrogens is 440 g/mol. The second-order valence-corrected chi connectivity index (χ2v) is 7.63. The quantitative estimate of drug-likeness (QED) is 0.575. The first-order valence-electron chi connectivity index (χ1n) is 9.86. The van der Waals surface area contributed by atoms with Gasteiger partial charge in [0.25, 0.3) is 0 Å². The Labute approximate surface area is 180 Å². The maximum Gasteiger partial charge on any atom is 0.416 e.